The molecule has 6 nitrogen and oxygen atoms in total. The van der Waals surface area contributed by atoms with Crippen molar-refractivity contribution in [2.45, 2.75) is 6.92 Å². The SMILES string of the molecule is Cc1cc(Oc2cc(F)nc(-c3ccccc3)n2)cc(Oc2cc(F)nc(-c3ccccc3)n2)c1. The first-order chi connectivity index (χ1) is 17.0. The fraction of sp³-hybridized carbons (Fsp3) is 0.0370. The van der Waals surface area contributed by atoms with E-state index in [9.17, 15) is 8.78 Å². The Morgan fingerprint density at radius 1 is 0.543 bits per heavy atom. The summed E-state index contributed by atoms with van der Waals surface area (Å²) < 4.78 is 40.0. The first-order valence-corrected chi connectivity index (χ1v) is 10.7. The highest BCUT2D eigenvalue weighted by Crippen LogP contribution is 2.30. The molecule has 0 N–H and O–H groups in total. The number of hydrogen-bond acceptors (Lipinski definition) is 6. The Labute approximate surface area is 199 Å². The van der Waals surface area contributed by atoms with Gasteiger partial charge in [0.05, 0.1) is 12.1 Å². The van der Waals surface area contributed by atoms with Crippen LogP contribution in [0, 0.1) is 18.8 Å². The number of ether oxygens (including phenoxy) is 2. The maximum absolute atomic E-state index is 14.2. The van der Waals surface area contributed by atoms with Crippen LogP contribution < -0.4 is 9.47 Å². The van der Waals surface area contributed by atoms with Crippen molar-refractivity contribution in [3.8, 4) is 46.0 Å². The van der Waals surface area contributed by atoms with Gasteiger partial charge in [0.2, 0.25) is 23.7 Å². The third-order valence-corrected chi connectivity index (χ3v) is 4.88. The summed E-state index contributed by atoms with van der Waals surface area (Å²) in [6, 6.07) is 25.3. The van der Waals surface area contributed by atoms with Crippen molar-refractivity contribution in [2.75, 3.05) is 0 Å². The maximum atomic E-state index is 14.2. The molecule has 8 heteroatoms. The smallest absolute Gasteiger partial charge is 0.225 e. The largest absolute Gasteiger partial charge is 0.439 e. The number of hydrogen-bond donors (Lipinski definition) is 0. The molecule has 0 saturated carbocycles. The second-order valence-corrected chi connectivity index (χ2v) is 7.62. The quantitative estimate of drug-likeness (QED) is 0.256. The van der Waals surface area contributed by atoms with Crippen LogP contribution in [0.5, 0.6) is 23.3 Å². The second kappa shape index (κ2) is 9.64. The van der Waals surface area contributed by atoms with Gasteiger partial charge < -0.3 is 9.47 Å². The standard InChI is InChI=1S/C27H18F2N4O2/c1-17-12-20(34-24-15-22(28)30-26(32-24)18-8-4-2-5-9-18)14-21(13-17)35-25-16-23(29)31-27(33-25)19-10-6-3-7-11-19/h2-16H,1H3. The van der Waals surface area contributed by atoms with Crippen molar-refractivity contribution in [1.82, 2.24) is 19.9 Å². The number of halogens is 2. The molecule has 172 valence electrons. The van der Waals surface area contributed by atoms with E-state index in [-0.39, 0.29) is 23.4 Å². The van der Waals surface area contributed by atoms with Gasteiger partial charge >= 0.3 is 0 Å². The topological polar surface area (TPSA) is 70.0 Å². The van der Waals surface area contributed by atoms with Crippen LogP contribution in [0.1, 0.15) is 5.56 Å². The average molecular weight is 468 g/mol. The van der Waals surface area contributed by atoms with E-state index in [0.29, 0.717) is 22.6 Å². The minimum absolute atomic E-state index is 0.0346. The lowest BCUT2D eigenvalue weighted by molar-refractivity contribution is 0.432. The van der Waals surface area contributed by atoms with Crippen LogP contribution in [-0.2, 0) is 0 Å². The third kappa shape index (κ3) is 5.44. The summed E-state index contributed by atoms with van der Waals surface area (Å²) in [7, 11) is 0. The molecule has 0 saturated heterocycles. The van der Waals surface area contributed by atoms with Crippen molar-refractivity contribution in [1.29, 1.82) is 0 Å². The highest BCUT2D eigenvalue weighted by atomic mass is 19.1. The van der Waals surface area contributed by atoms with E-state index in [1.807, 2.05) is 43.3 Å². The van der Waals surface area contributed by atoms with Gasteiger partial charge in [0.15, 0.2) is 11.6 Å². The van der Waals surface area contributed by atoms with Gasteiger partial charge in [0, 0.05) is 17.2 Å². The lowest BCUT2D eigenvalue weighted by Crippen LogP contribution is -1.98. The fourth-order valence-electron chi connectivity index (χ4n) is 3.40. The van der Waals surface area contributed by atoms with Gasteiger partial charge in [-0.15, -0.1) is 0 Å². The first-order valence-electron chi connectivity index (χ1n) is 10.7. The Balaban J connectivity index is 1.42. The Hall–Kier alpha value is -4.72. The molecule has 0 aliphatic carbocycles. The van der Waals surface area contributed by atoms with E-state index in [2.05, 4.69) is 19.9 Å². The molecule has 2 aromatic heterocycles. The van der Waals surface area contributed by atoms with Crippen molar-refractivity contribution < 1.29 is 18.3 Å². The van der Waals surface area contributed by atoms with Crippen molar-refractivity contribution in [2.24, 2.45) is 0 Å². The Bertz CT molecular complexity index is 1370. The molecule has 2 heterocycles. The second-order valence-electron chi connectivity index (χ2n) is 7.62. The van der Waals surface area contributed by atoms with Gasteiger partial charge in [0.1, 0.15) is 11.5 Å². The molecule has 0 aliphatic rings. The summed E-state index contributed by atoms with van der Waals surface area (Å²) in [5.74, 6) is -0.250. The molecular formula is C27H18F2N4O2. The molecule has 0 fully saturated rings. The molecule has 0 radical (unpaired) electrons. The van der Waals surface area contributed by atoms with Crippen molar-refractivity contribution in [3.05, 3.63) is 108 Å². The van der Waals surface area contributed by atoms with Gasteiger partial charge in [0.25, 0.3) is 0 Å². The molecule has 0 unspecified atom stereocenters. The number of nitrogens with zero attached hydrogens (tertiary/aromatic N) is 4. The maximum Gasteiger partial charge on any atom is 0.225 e. The third-order valence-electron chi connectivity index (χ3n) is 4.88. The van der Waals surface area contributed by atoms with Gasteiger partial charge in [-0.2, -0.15) is 28.7 Å². The van der Waals surface area contributed by atoms with E-state index in [0.717, 1.165) is 17.7 Å². The van der Waals surface area contributed by atoms with E-state index >= 15 is 0 Å². The van der Waals surface area contributed by atoms with Crippen LogP contribution in [0.15, 0.2) is 91.0 Å². The Morgan fingerprint density at radius 2 is 0.971 bits per heavy atom. The molecule has 3 aromatic carbocycles. The summed E-state index contributed by atoms with van der Waals surface area (Å²) in [4.78, 5) is 16.3. The van der Waals surface area contributed by atoms with Gasteiger partial charge in [-0.25, -0.2) is 0 Å². The molecule has 5 rings (SSSR count). The van der Waals surface area contributed by atoms with E-state index in [1.54, 1.807) is 42.5 Å². The summed E-state index contributed by atoms with van der Waals surface area (Å²) in [5.41, 5.74) is 2.11. The van der Waals surface area contributed by atoms with Crippen LogP contribution in [0.3, 0.4) is 0 Å². The number of benzene rings is 3. The molecule has 0 atom stereocenters. The average Bonchev–Trinajstić information content (AvgIpc) is 2.84. The lowest BCUT2D eigenvalue weighted by Gasteiger charge is -2.11. The van der Waals surface area contributed by atoms with Crippen LogP contribution in [-0.4, -0.2) is 19.9 Å². The zero-order valence-electron chi connectivity index (χ0n) is 18.5. The molecule has 35 heavy (non-hydrogen) atoms. The van der Waals surface area contributed by atoms with E-state index in [4.69, 9.17) is 9.47 Å². The molecule has 0 amide bonds. The zero-order chi connectivity index (χ0) is 24.2. The predicted molar refractivity (Wildman–Crippen MR) is 126 cm³/mol. The number of aryl methyl sites for hydroxylation is 1. The summed E-state index contributed by atoms with van der Waals surface area (Å²) >= 11 is 0. The lowest BCUT2D eigenvalue weighted by atomic mass is 10.2. The minimum atomic E-state index is -0.720. The Morgan fingerprint density at radius 3 is 1.40 bits per heavy atom. The van der Waals surface area contributed by atoms with Gasteiger partial charge in [-0.3, -0.25) is 0 Å². The van der Waals surface area contributed by atoms with E-state index in [1.165, 1.54) is 0 Å². The highest BCUT2D eigenvalue weighted by Gasteiger charge is 2.12. The monoisotopic (exact) mass is 468 g/mol. The zero-order valence-corrected chi connectivity index (χ0v) is 18.5. The van der Waals surface area contributed by atoms with Crippen molar-refractivity contribution in [3.63, 3.8) is 0 Å². The summed E-state index contributed by atoms with van der Waals surface area (Å²) in [6.07, 6.45) is 0. The highest BCUT2D eigenvalue weighted by molar-refractivity contribution is 5.56. The van der Waals surface area contributed by atoms with Crippen LogP contribution >= 0.6 is 0 Å². The molecular weight excluding hydrogens is 450 g/mol. The van der Waals surface area contributed by atoms with Gasteiger partial charge in [-0.1, -0.05) is 60.7 Å². The van der Waals surface area contributed by atoms with E-state index < -0.39 is 11.9 Å². The molecule has 0 bridgehead atoms. The molecule has 0 spiro atoms. The molecule has 5 aromatic rings. The normalized spacial score (nSPS) is 10.7. The summed E-state index contributed by atoms with van der Waals surface area (Å²) in [6.45, 7) is 1.84. The van der Waals surface area contributed by atoms with Crippen LogP contribution in [0.4, 0.5) is 8.78 Å². The Kier molecular flexibility index (Phi) is 6.09. The number of aromatic nitrogens is 4. The van der Waals surface area contributed by atoms with Gasteiger partial charge in [-0.05, 0) is 24.6 Å². The molecule has 0 aliphatic heterocycles. The number of rotatable bonds is 6. The van der Waals surface area contributed by atoms with Crippen LogP contribution in [0.2, 0.25) is 0 Å². The predicted octanol–water partition coefficient (Wildman–Crippen LogP) is 6.77. The fourth-order valence-corrected chi connectivity index (χ4v) is 3.40. The van der Waals surface area contributed by atoms with Crippen LogP contribution in [0.25, 0.3) is 22.8 Å². The van der Waals surface area contributed by atoms with Crippen molar-refractivity contribution >= 4 is 0 Å². The first kappa shape index (κ1) is 22.1. The minimum Gasteiger partial charge on any atom is -0.439 e. The summed E-state index contributed by atoms with van der Waals surface area (Å²) in [5, 5.41) is 0.